The molecular weight excluding hydrogens is 311 g/mol. The van der Waals surface area contributed by atoms with Crippen molar-refractivity contribution < 1.29 is 18.3 Å². The summed E-state index contributed by atoms with van der Waals surface area (Å²) >= 11 is 0. The summed E-state index contributed by atoms with van der Waals surface area (Å²) in [5.74, 6) is 0.718. The zero-order valence-corrected chi connectivity index (χ0v) is 12.7. The van der Waals surface area contributed by atoms with Gasteiger partial charge in [0.2, 0.25) is 5.95 Å². The predicted octanol–water partition coefficient (Wildman–Crippen LogP) is 0.206. The molecule has 3 rings (SSSR count). The van der Waals surface area contributed by atoms with Crippen molar-refractivity contribution in [3.63, 3.8) is 0 Å². The van der Waals surface area contributed by atoms with E-state index in [0.717, 1.165) is 32.1 Å². The Labute approximate surface area is 132 Å². The average molecular weight is 331 g/mol. The molecule has 1 unspecified atom stereocenters. The molecular formula is C14H20F3N5O. The summed E-state index contributed by atoms with van der Waals surface area (Å²) in [6.07, 6.45) is -3.36. The van der Waals surface area contributed by atoms with E-state index in [1.807, 2.05) is 0 Å². The average Bonchev–Trinajstić information content (AvgIpc) is 2.50. The van der Waals surface area contributed by atoms with Crippen LogP contribution in [-0.2, 0) is 0 Å². The van der Waals surface area contributed by atoms with E-state index in [1.54, 1.807) is 23.4 Å². The summed E-state index contributed by atoms with van der Waals surface area (Å²) in [4.78, 5) is 14.5. The molecule has 0 amide bonds. The summed E-state index contributed by atoms with van der Waals surface area (Å²) in [6, 6.07) is 2.05. The third-order valence-corrected chi connectivity index (χ3v) is 4.41. The van der Waals surface area contributed by atoms with E-state index < -0.39 is 12.3 Å². The predicted molar refractivity (Wildman–Crippen MR) is 78.1 cm³/mol. The van der Waals surface area contributed by atoms with Gasteiger partial charge in [0, 0.05) is 64.2 Å². The number of piperazine rings is 1. The molecule has 9 heteroatoms. The minimum absolute atomic E-state index is 0.272. The fraction of sp³-hybridized carbons (Fsp3) is 0.714. The number of β-amino-alcohol motifs (C(OH)–C–C–N with tert-alkyl or cyclic N) is 1. The minimum atomic E-state index is -4.54. The summed E-state index contributed by atoms with van der Waals surface area (Å²) in [5.41, 5.74) is 0. The van der Waals surface area contributed by atoms with E-state index in [2.05, 4.69) is 19.8 Å². The fourth-order valence-corrected chi connectivity index (χ4v) is 3.01. The molecule has 6 nitrogen and oxygen atoms in total. The number of rotatable bonds is 4. The Balaban J connectivity index is 1.41. The lowest BCUT2D eigenvalue weighted by molar-refractivity contribution is -0.212. The van der Waals surface area contributed by atoms with Crippen molar-refractivity contribution in [3.8, 4) is 0 Å². The van der Waals surface area contributed by atoms with Crippen LogP contribution in [-0.4, -0.2) is 89.0 Å². The van der Waals surface area contributed by atoms with Crippen LogP contribution in [0.2, 0.25) is 0 Å². The van der Waals surface area contributed by atoms with Gasteiger partial charge in [-0.15, -0.1) is 0 Å². The molecule has 2 fully saturated rings. The van der Waals surface area contributed by atoms with Gasteiger partial charge in [-0.1, -0.05) is 0 Å². The van der Waals surface area contributed by atoms with Gasteiger partial charge in [-0.05, 0) is 6.07 Å². The molecule has 0 aliphatic carbocycles. The number of anilines is 1. The minimum Gasteiger partial charge on any atom is -0.382 e. The van der Waals surface area contributed by atoms with Crippen LogP contribution in [0.5, 0.6) is 0 Å². The maximum Gasteiger partial charge on any atom is 0.415 e. The highest BCUT2D eigenvalue weighted by Crippen LogP contribution is 2.24. The standard InChI is InChI=1S/C14H20F3N5O/c15-14(16,17)12(23)10-20-8-11(9-20)21-4-6-22(7-5-21)13-18-2-1-3-19-13/h1-3,11-12,23H,4-10H2. The molecule has 2 aliphatic heterocycles. The van der Waals surface area contributed by atoms with Crippen LogP contribution in [0.4, 0.5) is 19.1 Å². The van der Waals surface area contributed by atoms with E-state index >= 15 is 0 Å². The Morgan fingerprint density at radius 3 is 2.30 bits per heavy atom. The Hall–Kier alpha value is -1.45. The molecule has 0 saturated carbocycles. The quantitative estimate of drug-likeness (QED) is 0.851. The van der Waals surface area contributed by atoms with E-state index in [-0.39, 0.29) is 12.6 Å². The second-order valence-corrected chi connectivity index (χ2v) is 6.00. The molecule has 23 heavy (non-hydrogen) atoms. The number of halogens is 3. The summed E-state index contributed by atoms with van der Waals surface area (Å²) < 4.78 is 37.0. The lowest BCUT2D eigenvalue weighted by atomic mass is 10.1. The Kier molecular flexibility index (Phi) is 4.69. The van der Waals surface area contributed by atoms with Crippen LogP contribution in [0.15, 0.2) is 18.5 Å². The zero-order valence-electron chi connectivity index (χ0n) is 12.7. The van der Waals surface area contributed by atoms with Gasteiger partial charge >= 0.3 is 6.18 Å². The maximum absolute atomic E-state index is 12.3. The van der Waals surface area contributed by atoms with Crippen molar-refractivity contribution in [1.29, 1.82) is 0 Å². The molecule has 0 spiro atoms. The molecule has 0 radical (unpaired) electrons. The number of likely N-dealkylation sites (tertiary alicyclic amines) is 1. The Morgan fingerprint density at radius 2 is 1.74 bits per heavy atom. The number of aliphatic hydroxyl groups is 1. The molecule has 128 valence electrons. The largest absolute Gasteiger partial charge is 0.415 e. The number of alkyl halides is 3. The van der Waals surface area contributed by atoms with Gasteiger partial charge in [-0.2, -0.15) is 13.2 Å². The van der Waals surface area contributed by atoms with E-state index in [9.17, 15) is 13.2 Å². The topological polar surface area (TPSA) is 55.7 Å². The van der Waals surface area contributed by atoms with Crippen LogP contribution >= 0.6 is 0 Å². The fourth-order valence-electron chi connectivity index (χ4n) is 3.01. The smallest absolute Gasteiger partial charge is 0.382 e. The maximum atomic E-state index is 12.3. The van der Waals surface area contributed by atoms with E-state index in [4.69, 9.17) is 5.11 Å². The lowest BCUT2D eigenvalue weighted by Crippen LogP contribution is -2.64. The number of hydrogen-bond donors (Lipinski definition) is 1. The normalized spacial score (nSPS) is 22.9. The third-order valence-electron chi connectivity index (χ3n) is 4.41. The molecule has 1 N–H and O–H groups in total. The molecule has 2 saturated heterocycles. The lowest BCUT2D eigenvalue weighted by Gasteiger charge is -2.48. The van der Waals surface area contributed by atoms with Crippen LogP contribution < -0.4 is 4.90 Å². The Bertz CT molecular complexity index is 501. The van der Waals surface area contributed by atoms with Crippen molar-refractivity contribution in [2.24, 2.45) is 0 Å². The van der Waals surface area contributed by atoms with Gasteiger partial charge in [-0.3, -0.25) is 9.80 Å². The van der Waals surface area contributed by atoms with Gasteiger partial charge in [0.05, 0.1) is 0 Å². The van der Waals surface area contributed by atoms with Crippen LogP contribution in [0.1, 0.15) is 0 Å². The first kappa shape index (κ1) is 16.4. The molecule has 2 aliphatic rings. The van der Waals surface area contributed by atoms with Crippen molar-refractivity contribution in [2.45, 2.75) is 18.3 Å². The first-order valence-corrected chi connectivity index (χ1v) is 7.66. The van der Waals surface area contributed by atoms with Gasteiger partial charge < -0.3 is 10.0 Å². The van der Waals surface area contributed by atoms with Gasteiger partial charge in [0.15, 0.2) is 6.10 Å². The van der Waals surface area contributed by atoms with Crippen LogP contribution in [0.25, 0.3) is 0 Å². The first-order valence-electron chi connectivity index (χ1n) is 7.66. The number of nitrogens with zero attached hydrogens (tertiary/aromatic N) is 5. The van der Waals surface area contributed by atoms with Crippen molar-refractivity contribution in [2.75, 3.05) is 50.7 Å². The molecule has 0 bridgehead atoms. The first-order chi connectivity index (χ1) is 10.9. The summed E-state index contributed by atoms with van der Waals surface area (Å²) in [5, 5.41) is 9.08. The van der Waals surface area contributed by atoms with Crippen LogP contribution in [0.3, 0.4) is 0 Å². The Morgan fingerprint density at radius 1 is 1.13 bits per heavy atom. The molecule has 3 heterocycles. The van der Waals surface area contributed by atoms with Crippen molar-refractivity contribution in [1.82, 2.24) is 19.8 Å². The zero-order chi connectivity index (χ0) is 16.4. The number of aromatic nitrogens is 2. The van der Waals surface area contributed by atoms with Gasteiger partial charge in [0.25, 0.3) is 0 Å². The summed E-state index contributed by atoms with van der Waals surface area (Å²) in [7, 11) is 0. The van der Waals surface area contributed by atoms with E-state index in [0.29, 0.717) is 13.1 Å². The molecule has 0 aromatic carbocycles. The highest BCUT2D eigenvalue weighted by Gasteiger charge is 2.42. The monoisotopic (exact) mass is 331 g/mol. The van der Waals surface area contributed by atoms with Crippen LogP contribution in [0, 0.1) is 0 Å². The summed E-state index contributed by atoms with van der Waals surface area (Å²) in [6.45, 7) is 4.14. The van der Waals surface area contributed by atoms with Gasteiger partial charge in [-0.25, -0.2) is 9.97 Å². The van der Waals surface area contributed by atoms with Gasteiger partial charge in [0.1, 0.15) is 0 Å². The number of aliphatic hydroxyl groups excluding tert-OH is 1. The second-order valence-electron chi connectivity index (χ2n) is 6.00. The van der Waals surface area contributed by atoms with Crippen molar-refractivity contribution >= 4 is 5.95 Å². The molecule has 1 aromatic heterocycles. The highest BCUT2D eigenvalue weighted by molar-refractivity contribution is 5.29. The molecule has 1 atom stereocenters. The molecule has 1 aromatic rings. The van der Waals surface area contributed by atoms with E-state index in [1.165, 1.54) is 0 Å². The second kappa shape index (κ2) is 6.58. The number of hydrogen-bond acceptors (Lipinski definition) is 6. The highest BCUT2D eigenvalue weighted by atomic mass is 19.4. The SMILES string of the molecule is OC(CN1CC(N2CCN(c3ncccn3)CC2)C1)C(F)(F)F. The van der Waals surface area contributed by atoms with Crippen molar-refractivity contribution in [3.05, 3.63) is 18.5 Å². The third kappa shape index (κ3) is 3.91.